The zero-order valence-electron chi connectivity index (χ0n) is 12.0. The number of phenolic OH excluding ortho intramolecular Hbond substituents is 1. The third-order valence-corrected chi connectivity index (χ3v) is 4.60. The molecule has 2 rings (SSSR count). The molecule has 0 atom stereocenters. The van der Waals surface area contributed by atoms with Gasteiger partial charge in [0.05, 0.1) is 5.56 Å². The molecule has 110 valence electrons. The van der Waals surface area contributed by atoms with Crippen molar-refractivity contribution in [3.05, 3.63) is 47.7 Å². The first-order valence-electron chi connectivity index (χ1n) is 6.62. The van der Waals surface area contributed by atoms with Crippen molar-refractivity contribution in [1.29, 1.82) is 0 Å². The molecule has 0 bridgehead atoms. The second kappa shape index (κ2) is 7.52. The van der Waals surface area contributed by atoms with Gasteiger partial charge in [0.15, 0.2) is 5.78 Å². The number of pyridine rings is 1. The van der Waals surface area contributed by atoms with E-state index in [-0.39, 0.29) is 18.0 Å². The third-order valence-electron chi connectivity index (χ3n) is 2.99. The zero-order valence-corrected chi connectivity index (χ0v) is 13.6. The van der Waals surface area contributed by atoms with Crippen molar-refractivity contribution in [2.45, 2.75) is 23.3 Å². The molecule has 2 aromatic rings. The summed E-state index contributed by atoms with van der Waals surface area (Å²) in [6.07, 6.45) is 3.85. The van der Waals surface area contributed by atoms with Gasteiger partial charge >= 0.3 is 0 Å². The molecule has 0 radical (unpaired) electrons. The first-order chi connectivity index (χ1) is 10.2. The van der Waals surface area contributed by atoms with Crippen LogP contribution < -0.4 is 0 Å². The maximum absolute atomic E-state index is 12.5. The van der Waals surface area contributed by atoms with Crippen molar-refractivity contribution < 1.29 is 9.90 Å². The van der Waals surface area contributed by atoms with E-state index in [1.54, 1.807) is 47.9 Å². The van der Waals surface area contributed by atoms with E-state index in [4.69, 9.17) is 0 Å². The molecule has 0 fully saturated rings. The Kier molecular flexibility index (Phi) is 5.70. The van der Waals surface area contributed by atoms with Gasteiger partial charge in [-0.05, 0) is 42.3 Å². The van der Waals surface area contributed by atoms with Crippen LogP contribution in [-0.4, -0.2) is 27.9 Å². The van der Waals surface area contributed by atoms with Gasteiger partial charge in [-0.3, -0.25) is 4.79 Å². The number of aromatic hydroxyl groups is 1. The zero-order chi connectivity index (χ0) is 15.2. The Hall–Kier alpha value is -1.46. The molecule has 5 heteroatoms. The van der Waals surface area contributed by atoms with Gasteiger partial charge in [-0.1, -0.05) is 6.92 Å². The van der Waals surface area contributed by atoms with E-state index < -0.39 is 0 Å². The Bertz CT molecular complexity index is 644. The Morgan fingerprint density at radius 3 is 2.86 bits per heavy atom. The predicted octanol–water partition coefficient (Wildman–Crippen LogP) is 4.05. The number of carbonyl (C=O) groups is 1. The quantitative estimate of drug-likeness (QED) is 0.643. The molecule has 0 saturated heterocycles. The number of aromatic nitrogens is 1. The van der Waals surface area contributed by atoms with Crippen molar-refractivity contribution in [2.75, 3.05) is 12.0 Å². The maximum Gasteiger partial charge on any atom is 0.170 e. The first-order valence-corrected chi connectivity index (χ1v) is 8.83. The van der Waals surface area contributed by atoms with Crippen molar-refractivity contribution >= 4 is 29.3 Å². The Morgan fingerprint density at radius 1 is 1.33 bits per heavy atom. The average molecular weight is 319 g/mol. The number of ketones is 1. The van der Waals surface area contributed by atoms with Gasteiger partial charge in [0.1, 0.15) is 10.8 Å². The van der Waals surface area contributed by atoms with Gasteiger partial charge in [-0.25, -0.2) is 4.98 Å². The van der Waals surface area contributed by atoms with E-state index in [1.165, 1.54) is 0 Å². The van der Waals surface area contributed by atoms with Crippen LogP contribution in [0.15, 0.2) is 46.5 Å². The van der Waals surface area contributed by atoms with Crippen LogP contribution in [0.3, 0.4) is 0 Å². The molecule has 21 heavy (non-hydrogen) atoms. The summed E-state index contributed by atoms with van der Waals surface area (Å²) in [4.78, 5) is 17.8. The Labute approximate surface area is 133 Å². The highest BCUT2D eigenvalue weighted by atomic mass is 32.2. The summed E-state index contributed by atoms with van der Waals surface area (Å²) < 4.78 is 0. The fraction of sp³-hybridized carbons (Fsp3) is 0.250. The molecular weight excluding hydrogens is 302 g/mol. The van der Waals surface area contributed by atoms with E-state index in [0.29, 0.717) is 11.1 Å². The second-order valence-corrected chi connectivity index (χ2v) is 6.52. The van der Waals surface area contributed by atoms with Crippen LogP contribution >= 0.6 is 23.5 Å². The van der Waals surface area contributed by atoms with Crippen LogP contribution in [0.5, 0.6) is 5.75 Å². The number of hydrogen-bond donors (Lipinski definition) is 1. The van der Waals surface area contributed by atoms with Crippen LogP contribution in [0, 0.1) is 0 Å². The number of carbonyl (C=O) groups excluding carboxylic acids is 1. The summed E-state index contributed by atoms with van der Waals surface area (Å²) in [5.41, 5.74) is 1.28. The number of nitrogens with zero attached hydrogens (tertiary/aromatic N) is 1. The molecule has 1 N–H and O–H groups in total. The van der Waals surface area contributed by atoms with Gasteiger partial charge in [0.25, 0.3) is 0 Å². The fourth-order valence-electron chi connectivity index (χ4n) is 1.95. The lowest BCUT2D eigenvalue weighted by Crippen LogP contribution is -2.06. The molecular formula is C16H17NO2S2. The van der Waals surface area contributed by atoms with Crippen molar-refractivity contribution in [2.24, 2.45) is 0 Å². The van der Waals surface area contributed by atoms with Crippen molar-refractivity contribution in [1.82, 2.24) is 4.98 Å². The number of benzene rings is 1. The number of hydrogen-bond acceptors (Lipinski definition) is 5. The fourth-order valence-corrected chi connectivity index (χ4v) is 3.16. The molecule has 0 aliphatic heterocycles. The molecule has 3 nitrogen and oxygen atoms in total. The van der Waals surface area contributed by atoms with E-state index in [2.05, 4.69) is 4.98 Å². The van der Waals surface area contributed by atoms with Gasteiger partial charge in [0, 0.05) is 23.1 Å². The standard InChI is InChI=1S/C16H17NO2S2/c1-3-21-16-13(5-4-8-17-16)15(19)10-11-9-12(20-2)6-7-14(11)18/h4-9,18H,3,10H2,1-2H3. The van der Waals surface area contributed by atoms with E-state index in [1.807, 2.05) is 25.3 Å². The Morgan fingerprint density at radius 2 is 2.14 bits per heavy atom. The summed E-state index contributed by atoms with van der Waals surface area (Å²) in [5, 5.41) is 10.7. The van der Waals surface area contributed by atoms with Gasteiger partial charge < -0.3 is 5.11 Å². The van der Waals surface area contributed by atoms with Crippen LogP contribution in [0.2, 0.25) is 0 Å². The van der Waals surface area contributed by atoms with E-state index in [0.717, 1.165) is 15.7 Å². The highest BCUT2D eigenvalue weighted by Gasteiger charge is 2.15. The van der Waals surface area contributed by atoms with Crippen LogP contribution in [0.4, 0.5) is 0 Å². The minimum atomic E-state index is -0.0207. The third kappa shape index (κ3) is 4.02. The summed E-state index contributed by atoms with van der Waals surface area (Å²) in [5.74, 6) is 1.01. The SMILES string of the molecule is CCSc1ncccc1C(=O)Cc1cc(SC)ccc1O. The maximum atomic E-state index is 12.5. The lowest BCUT2D eigenvalue weighted by atomic mass is 10.0. The molecule has 0 amide bonds. The molecule has 1 heterocycles. The second-order valence-electron chi connectivity index (χ2n) is 4.38. The van der Waals surface area contributed by atoms with Gasteiger partial charge in [-0.15, -0.1) is 23.5 Å². The molecule has 0 saturated carbocycles. The molecule has 1 aromatic carbocycles. The highest BCUT2D eigenvalue weighted by Crippen LogP contribution is 2.26. The molecule has 0 unspecified atom stereocenters. The summed E-state index contributed by atoms with van der Waals surface area (Å²) in [6, 6.07) is 8.91. The first kappa shape index (κ1) is 15.9. The molecule has 0 aliphatic rings. The molecule has 0 aliphatic carbocycles. The molecule has 1 aromatic heterocycles. The van der Waals surface area contributed by atoms with Gasteiger partial charge in [0.2, 0.25) is 0 Å². The van der Waals surface area contributed by atoms with E-state index in [9.17, 15) is 9.90 Å². The average Bonchev–Trinajstić information content (AvgIpc) is 2.50. The monoisotopic (exact) mass is 319 g/mol. The summed E-state index contributed by atoms with van der Waals surface area (Å²) in [6.45, 7) is 2.03. The lowest BCUT2D eigenvalue weighted by Gasteiger charge is -2.08. The predicted molar refractivity (Wildman–Crippen MR) is 88.6 cm³/mol. The lowest BCUT2D eigenvalue weighted by molar-refractivity contribution is 0.0988. The largest absolute Gasteiger partial charge is 0.508 e. The van der Waals surface area contributed by atoms with Crippen LogP contribution in [-0.2, 0) is 6.42 Å². The highest BCUT2D eigenvalue weighted by molar-refractivity contribution is 7.99. The van der Waals surface area contributed by atoms with Crippen LogP contribution in [0.1, 0.15) is 22.8 Å². The Balaban J connectivity index is 2.26. The van der Waals surface area contributed by atoms with Gasteiger partial charge in [-0.2, -0.15) is 0 Å². The normalized spacial score (nSPS) is 10.6. The van der Waals surface area contributed by atoms with Crippen molar-refractivity contribution in [3.63, 3.8) is 0 Å². The summed E-state index contributed by atoms with van der Waals surface area (Å²) in [7, 11) is 0. The molecule has 0 spiro atoms. The summed E-state index contributed by atoms with van der Waals surface area (Å²) >= 11 is 3.14. The van der Waals surface area contributed by atoms with Crippen LogP contribution in [0.25, 0.3) is 0 Å². The smallest absolute Gasteiger partial charge is 0.170 e. The minimum Gasteiger partial charge on any atom is -0.508 e. The number of phenols is 1. The topological polar surface area (TPSA) is 50.2 Å². The van der Waals surface area contributed by atoms with E-state index >= 15 is 0 Å². The number of thioether (sulfide) groups is 2. The van der Waals surface area contributed by atoms with Crippen molar-refractivity contribution in [3.8, 4) is 5.75 Å². The number of Topliss-reactive ketones (excluding diaryl/α,β-unsaturated/α-hetero) is 1. The number of rotatable bonds is 6. The minimum absolute atomic E-state index is 0.0207.